The largest absolute Gasteiger partial charge is 0.349 e. The lowest BCUT2D eigenvalue weighted by molar-refractivity contribution is -0.126. The van der Waals surface area contributed by atoms with Crippen LogP contribution >= 0.6 is 0 Å². The Kier molecular flexibility index (Phi) is 6.38. The molecule has 1 N–H and O–H groups in total. The first-order valence-electron chi connectivity index (χ1n) is 10.5. The fourth-order valence-electron chi connectivity index (χ4n) is 3.89. The maximum atomic E-state index is 13.2. The number of piperidine rings is 1. The number of hydrogen-bond donors (Lipinski definition) is 1. The average Bonchev–Trinajstić information content (AvgIpc) is 3.34. The molecule has 0 bridgehead atoms. The van der Waals surface area contributed by atoms with Crippen molar-refractivity contribution in [1.82, 2.24) is 19.2 Å². The van der Waals surface area contributed by atoms with Gasteiger partial charge in [-0.25, -0.2) is 17.8 Å². The summed E-state index contributed by atoms with van der Waals surface area (Å²) in [6.07, 6.45) is 6.49. The third-order valence-electron chi connectivity index (χ3n) is 5.76. The van der Waals surface area contributed by atoms with Crippen LogP contribution in [0.2, 0.25) is 0 Å². The van der Waals surface area contributed by atoms with E-state index in [1.807, 2.05) is 42.0 Å². The second kappa shape index (κ2) is 9.22. The van der Waals surface area contributed by atoms with E-state index in [9.17, 15) is 17.6 Å². The number of hydrogen-bond acceptors (Lipinski definition) is 4. The molecule has 168 valence electrons. The van der Waals surface area contributed by atoms with Crippen LogP contribution in [0.1, 0.15) is 31.4 Å². The molecule has 32 heavy (non-hydrogen) atoms. The quantitative estimate of drug-likeness (QED) is 0.617. The summed E-state index contributed by atoms with van der Waals surface area (Å²) in [5, 5.41) is 3.01. The average molecular weight is 457 g/mol. The highest BCUT2D eigenvalue weighted by molar-refractivity contribution is 7.89. The standard InChI is InChI=1S/C23H25FN4O3S/c1-17(18-4-8-21(9-5-18)27-14-12-25-16-27)26-23(29)19-3-2-13-28(15-19)32(30,31)22-10-6-20(24)7-11-22/h4-12,14,16-17,19H,2-3,13,15H2,1H3,(H,26,29)/t17-,19-/m0/s1. The van der Waals surface area contributed by atoms with Crippen molar-refractivity contribution in [2.75, 3.05) is 13.1 Å². The SMILES string of the molecule is C[C@H](NC(=O)[C@H]1CCCN(S(=O)(=O)c2ccc(F)cc2)C1)c1ccc(-n2ccnc2)cc1. The maximum absolute atomic E-state index is 13.2. The summed E-state index contributed by atoms with van der Waals surface area (Å²) in [5.74, 6) is -1.10. The van der Waals surface area contributed by atoms with Gasteiger partial charge in [0.15, 0.2) is 0 Å². The van der Waals surface area contributed by atoms with Crippen LogP contribution in [-0.2, 0) is 14.8 Å². The highest BCUT2D eigenvalue weighted by Gasteiger charge is 2.33. The molecule has 2 aromatic carbocycles. The summed E-state index contributed by atoms with van der Waals surface area (Å²) in [5.41, 5.74) is 1.92. The molecule has 0 saturated carbocycles. The van der Waals surface area contributed by atoms with Crippen molar-refractivity contribution in [1.29, 1.82) is 0 Å². The van der Waals surface area contributed by atoms with E-state index in [-0.39, 0.29) is 23.4 Å². The highest BCUT2D eigenvalue weighted by atomic mass is 32.2. The molecule has 1 aliphatic heterocycles. The maximum Gasteiger partial charge on any atom is 0.243 e. The first-order valence-corrected chi connectivity index (χ1v) is 11.9. The molecule has 1 saturated heterocycles. The van der Waals surface area contributed by atoms with Crippen molar-refractivity contribution >= 4 is 15.9 Å². The molecule has 0 radical (unpaired) electrons. The molecular formula is C23H25FN4O3S. The fourth-order valence-corrected chi connectivity index (χ4v) is 5.42. The Hall–Kier alpha value is -3.04. The molecule has 9 heteroatoms. The van der Waals surface area contributed by atoms with Gasteiger partial charge in [-0.3, -0.25) is 4.79 Å². The van der Waals surface area contributed by atoms with Crippen molar-refractivity contribution in [3.05, 3.63) is 78.6 Å². The van der Waals surface area contributed by atoms with E-state index in [1.165, 1.54) is 16.4 Å². The molecule has 2 atom stereocenters. The minimum Gasteiger partial charge on any atom is -0.349 e. The number of sulfonamides is 1. The van der Waals surface area contributed by atoms with Crippen LogP contribution in [0.5, 0.6) is 0 Å². The second-order valence-electron chi connectivity index (χ2n) is 7.95. The molecule has 1 aliphatic rings. The number of carbonyl (C=O) groups is 1. The first kappa shape index (κ1) is 22.2. The first-order chi connectivity index (χ1) is 15.3. The summed E-state index contributed by atoms with van der Waals surface area (Å²) in [7, 11) is -3.77. The Morgan fingerprint density at radius 2 is 1.88 bits per heavy atom. The Morgan fingerprint density at radius 1 is 1.16 bits per heavy atom. The zero-order chi connectivity index (χ0) is 22.7. The molecule has 2 heterocycles. The number of imidazole rings is 1. The van der Waals surface area contributed by atoms with Crippen molar-refractivity contribution in [3.8, 4) is 5.69 Å². The molecule has 1 fully saturated rings. The molecule has 4 rings (SSSR count). The van der Waals surface area contributed by atoms with Gasteiger partial charge in [-0.2, -0.15) is 4.31 Å². The van der Waals surface area contributed by atoms with E-state index in [4.69, 9.17) is 0 Å². The zero-order valence-electron chi connectivity index (χ0n) is 17.7. The van der Waals surface area contributed by atoms with Gasteiger partial charge in [-0.1, -0.05) is 12.1 Å². The number of carbonyl (C=O) groups excluding carboxylic acids is 1. The summed E-state index contributed by atoms with van der Waals surface area (Å²) in [4.78, 5) is 17.0. The third kappa shape index (κ3) is 4.73. The molecule has 0 spiro atoms. The van der Waals surface area contributed by atoms with Crippen LogP contribution in [0.4, 0.5) is 4.39 Å². The summed E-state index contributed by atoms with van der Waals surface area (Å²) in [6.45, 7) is 2.35. The second-order valence-corrected chi connectivity index (χ2v) is 9.89. The molecule has 0 aliphatic carbocycles. The van der Waals surface area contributed by atoms with Gasteiger partial charge >= 0.3 is 0 Å². The van der Waals surface area contributed by atoms with E-state index in [0.717, 1.165) is 23.4 Å². The van der Waals surface area contributed by atoms with E-state index < -0.39 is 21.8 Å². The number of aromatic nitrogens is 2. The van der Waals surface area contributed by atoms with E-state index in [1.54, 1.807) is 12.5 Å². The van der Waals surface area contributed by atoms with Crippen LogP contribution in [0.15, 0.2) is 72.1 Å². The molecule has 1 amide bonds. The number of rotatable bonds is 6. The number of nitrogens with one attached hydrogen (secondary N) is 1. The smallest absolute Gasteiger partial charge is 0.243 e. The minimum absolute atomic E-state index is 0.0336. The monoisotopic (exact) mass is 456 g/mol. The van der Waals surface area contributed by atoms with Gasteiger partial charge in [0.25, 0.3) is 0 Å². The van der Waals surface area contributed by atoms with Gasteiger partial charge < -0.3 is 9.88 Å². The minimum atomic E-state index is -3.77. The Balaban J connectivity index is 1.40. The third-order valence-corrected chi connectivity index (χ3v) is 7.64. The van der Waals surface area contributed by atoms with Crippen molar-refractivity contribution in [2.45, 2.75) is 30.7 Å². The lowest BCUT2D eigenvalue weighted by atomic mass is 9.98. The van der Waals surface area contributed by atoms with E-state index in [2.05, 4.69) is 10.3 Å². The van der Waals surface area contributed by atoms with Crippen LogP contribution in [0.3, 0.4) is 0 Å². The van der Waals surface area contributed by atoms with Gasteiger partial charge in [-0.05, 0) is 61.7 Å². The van der Waals surface area contributed by atoms with E-state index in [0.29, 0.717) is 19.4 Å². The van der Waals surface area contributed by atoms with Gasteiger partial charge in [-0.15, -0.1) is 0 Å². The van der Waals surface area contributed by atoms with Crippen molar-refractivity contribution < 1.29 is 17.6 Å². The lowest BCUT2D eigenvalue weighted by Crippen LogP contribution is -2.45. The fraction of sp³-hybridized carbons (Fsp3) is 0.304. The predicted octanol–water partition coefficient (Wildman–Crippen LogP) is 3.29. The normalized spacial score (nSPS) is 18.2. The summed E-state index contributed by atoms with van der Waals surface area (Å²) in [6, 6.07) is 12.4. The van der Waals surface area contributed by atoms with Crippen LogP contribution in [0, 0.1) is 11.7 Å². The summed E-state index contributed by atoms with van der Waals surface area (Å²) >= 11 is 0. The van der Waals surface area contributed by atoms with E-state index >= 15 is 0 Å². The zero-order valence-corrected chi connectivity index (χ0v) is 18.5. The molecule has 1 aromatic heterocycles. The van der Waals surface area contributed by atoms with Gasteiger partial charge in [0.2, 0.25) is 15.9 Å². The van der Waals surface area contributed by atoms with Crippen molar-refractivity contribution in [3.63, 3.8) is 0 Å². The highest BCUT2D eigenvalue weighted by Crippen LogP contribution is 2.25. The Labute approximate surface area is 186 Å². The number of amides is 1. The van der Waals surface area contributed by atoms with Gasteiger partial charge in [0.1, 0.15) is 5.82 Å². The number of nitrogens with zero attached hydrogens (tertiary/aromatic N) is 3. The Morgan fingerprint density at radius 3 is 2.53 bits per heavy atom. The van der Waals surface area contributed by atoms with Gasteiger partial charge in [0, 0.05) is 31.2 Å². The van der Waals surface area contributed by atoms with Crippen LogP contribution in [-0.4, -0.2) is 41.3 Å². The predicted molar refractivity (Wildman–Crippen MR) is 118 cm³/mol. The number of halogens is 1. The number of benzene rings is 2. The topological polar surface area (TPSA) is 84.3 Å². The lowest BCUT2D eigenvalue weighted by Gasteiger charge is -2.32. The molecule has 3 aromatic rings. The molecular weight excluding hydrogens is 431 g/mol. The summed E-state index contributed by atoms with van der Waals surface area (Å²) < 4.78 is 42.2. The molecule has 7 nitrogen and oxygen atoms in total. The van der Waals surface area contributed by atoms with Gasteiger partial charge in [0.05, 0.1) is 23.2 Å². The van der Waals surface area contributed by atoms with Crippen LogP contribution in [0.25, 0.3) is 5.69 Å². The molecule has 0 unspecified atom stereocenters. The Bertz CT molecular complexity index is 1160. The van der Waals surface area contributed by atoms with Crippen LogP contribution < -0.4 is 5.32 Å². The van der Waals surface area contributed by atoms with Crippen molar-refractivity contribution in [2.24, 2.45) is 5.92 Å².